The number of hydrogen-bond donors (Lipinski definition) is 1. The van der Waals surface area contributed by atoms with Crippen LogP contribution in [-0.4, -0.2) is 45.9 Å². The Balaban J connectivity index is 1.67. The minimum Gasteiger partial charge on any atom is -0.356 e. The van der Waals surface area contributed by atoms with Crippen molar-refractivity contribution in [3.05, 3.63) is 30.1 Å². The van der Waals surface area contributed by atoms with Gasteiger partial charge in [-0.25, -0.2) is 4.98 Å². The number of likely N-dealkylation sites (tertiary alicyclic amines) is 1. The summed E-state index contributed by atoms with van der Waals surface area (Å²) in [5.41, 5.74) is 2.05. The van der Waals surface area contributed by atoms with E-state index in [9.17, 15) is 9.59 Å². The molecule has 1 aliphatic heterocycles. The molecule has 146 valence electrons. The van der Waals surface area contributed by atoms with Crippen LogP contribution in [0.15, 0.2) is 24.3 Å². The molecule has 0 radical (unpaired) electrons. The fraction of sp³-hybridized carbons (Fsp3) is 0.571. The normalized spacial score (nSPS) is 14.9. The minimum atomic E-state index is -0.00782. The van der Waals surface area contributed by atoms with E-state index in [-0.39, 0.29) is 11.8 Å². The molecule has 1 N–H and O–H groups in total. The molecule has 2 amide bonds. The highest BCUT2D eigenvalue weighted by Crippen LogP contribution is 2.18. The Morgan fingerprint density at radius 1 is 1.11 bits per heavy atom. The highest BCUT2D eigenvalue weighted by Gasteiger charge is 2.17. The first-order valence-corrected chi connectivity index (χ1v) is 10.1. The van der Waals surface area contributed by atoms with Gasteiger partial charge >= 0.3 is 0 Å². The lowest BCUT2D eigenvalue weighted by Gasteiger charge is -2.20. The molecule has 2 aromatic rings. The van der Waals surface area contributed by atoms with Crippen LogP contribution in [0.1, 0.15) is 51.3 Å². The zero-order valence-electron chi connectivity index (χ0n) is 16.2. The molecule has 1 aromatic heterocycles. The van der Waals surface area contributed by atoms with Gasteiger partial charge in [-0.3, -0.25) is 9.59 Å². The Morgan fingerprint density at radius 3 is 2.59 bits per heavy atom. The number of para-hydroxylation sites is 2. The van der Waals surface area contributed by atoms with Crippen LogP contribution < -0.4 is 5.32 Å². The van der Waals surface area contributed by atoms with Gasteiger partial charge in [0.15, 0.2) is 0 Å². The van der Waals surface area contributed by atoms with Gasteiger partial charge in [-0.2, -0.15) is 0 Å². The second-order valence-electron chi connectivity index (χ2n) is 7.30. The van der Waals surface area contributed by atoms with E-state index in [1.807, 2.05) is 23.1 Å². The highest BCUT2D eigenvalue weighted by molar-refractivity contribution is 5.78. The van der Waals surface area contributed by atoms with Crippen LogP contribution in [-0.2, 0) is 22.6 Å². The number of aromatic nitrogens is 2. The minimum absolute atomic E-state index is 0.00782. The van der Waals surface area contributed by atoms with Crippen molar-refractivity contribution in [3.8, 4) is 0 Å². The molecule has 1 fully saturated rings. The lowest BCUT2D eigenvalue weighted by atomic mass is 10.2. The molecule has 0 aliphatic carbocycles. The first kappa shape index (κ1) is 19.4. The van der Waals surface area contributed by atoms with E-state index in [2.05, 4.69) is 16.0 Å². The van der Waals surface area contributed by atoms with E-state index in [1.54, 1.807) is 0 Å². The fourth-order valence-electron chi connectivity index (χ4n) is 3.76. The van der Waals surface area contributed by atoms with Gasteiger partial charge in [-0.1, -0.05) is 25.0 Å². The van der Waals surface area contributed by atoms with Crippen LogP contribution in [0.4, 0.5) is 0 Å². The monoisotopic (exact) mass is 370 g/mol. The van der Waals surface area contributed by atoms with Gasteiger partial charge in [-0.05, 0) is 31.4 Å². The van der Waals surface area contributed by atoms with E-state index in [4.69, 9.17) is 4.98 Å². The van der Waals surface area contributed by atoms with Crippen LogP contribution >= 0.6 is 0 Å². The van der Waals surface area contributed by atoms with Gasteiger partial charge in [0, 0.05) is 45.9 Å². The molecule has 0 saturated carbocycles. The van der Waals surface area contributed by atoms with Crippen molar-refractivity contribution in [3.63, 3.8) is 0 Å². The Kier molecular flexibility index (Phi) is 6.85. The topological polar surface area (TPSA) is 67.2 Å². The van der Waals surface area contributed by atoms with Crippen molar-refractivity contribution in [2.75, 3.05) is 19.6 Å². The largest absolute Gasteiger partial charge is 0.356 e. The molecular weight excluding hydrogens is 340 g/mol. The third kappa shape index (κ3) is 5.31. The molecule has 0 unspecified atom stereocenters. The Morgan fingerprint density at radius 2 is 1.85 bits per heavy atom. The van der Waals surface area contributed by atoms with Gasteiger partial charge in [0.05, 0.1) is 11.0 Å². The standard InChI is InChI=1S/C21H30N4O2/c1-17(26)22-13-8-11-20-23-18-9-4-5-10-19(18)25(20)16-12-21(27)24-14-6-2-3-7-15-24/h4-5,9-10H,2-3,6-8,11-16H2,1H3,(H,22,26). The summed E-state index contributed by atoms with van der Waals surface area (Å²) < 4.78 is 2.18. The summed E-state index contributed by atoms with van der Waals surface area (Å²) in [7, 11) is 0. The molecule has 6 nitrogen and oxygen atoms in total. The number of benzene rings is 1. The van der Waals surface area contributed by atoms with E-state index in [0.29, 0.717) is 19.5 Å². The van der Waals surface area contributed by atoms with E-state index >= 15 is 0 Å². The van der Waals surface area contributed by atoms with Crippen LogP contribution in [0, 0.1) is 0 Å². The third-order valence-electron chi connectivity index (χ3n) is 5.19. The van der Waals surface area contributed by atoms with Crippen LogP contribution in [0.3, 0.4) is 0 Å². The predicted molar refractivity (Wildman–Crippen MR) is 106 cm³/mol. The number of carbonyl (C=O) groups is 2. The number of aryl methyl sites for hydroxylation is 2. The van der Waals surface area contributed by atoms with Gasteiger partial charge in [0.2, 0.25) is 11.8 Å². The van der Waals surface area contributed by atoms with Gasteiger partial charge in [-0.15, -0.1) is 0 Å². The number of carbonyl (C=O) groups excluding carboxylic acids is 2. The Hall–Kier alpha value is -2.37. The molecule has 1 aliphatic rings. The smallest absolute Gasteiger partial charge is 0.224 e. The molecule has 0 spiro atoms. The summed E-state index contributed by atoms with van der Waals surface area (Å²) in [5.74, 6) is 1.23. The molecular formula is C21H30N4O2. The zero-order valence-corrected chi connectivity index (χ0v) is 16.2. The summed E-state index contributed by atoms with van der Waals surface area (Å²) in [4.78, 5) is 30.5. The van der Waals surface area contributed by atoms with Crippen LogP contribution in [0.5, 0.6) is 0 Å². The van der Waals surface area contributed by atoms with E-state index < -0.39 is 0 Å². The van der Waals surface area contributed by atoms with Crippen molar-refractivity contribution in [2.45, 2.75) is 58.4 Å². The molecule has 0 bridgehead atoms. The van der Waals surface area contributed by atoms with Crippen LogP contribution in [0.2, 0.25) is 0 Å². The summed E-state index contributed by atoms with van der Waals surface area (Å²) in [6.07, 6.45) is 6.83. The number of amides is 2. The summed E-state index contributed by atoms with van der Waals surface area (Å²) in [6, 6.07) is 8.08. The molecule has 2 heterocycles. The van der Waals surface area contributed by atoms with Gasteiger partial charge < -0.3 is 14.8 Å². The number of nitrogens with zero attached hydrogens (tertiary/aromatic N) is 3. The molecule has 1 saturated heterocycles. The molecule has 0 atom stereocenters. The summed E-state index contributed by atoms with van der Waals surface area (Å²) in [5, 5.41) is 2.83. The van der Waals surface area contributed by atoms with Crippen molar-refractivity contribution < 1.29 is 9.59 Å². The molecule has 27 heavy (non-hydrogen) atoms. The Bertz CT molecular complexity index is 776. The van der Waals surface area contributed by atoms with E-state index in [0.717, 1.165) is 55.6 Å². The first-order valence-electron chi connectivity index (χ1n) is 10.1. The van der Waals surface area contributed by atoms with Crippen molar-refractivity contribution in [1.82, 2.24) is 19.8 Å². The number of hydrogen-bond acceptors (Lipinski definition) is 3. The maximum Gasteiger partial charge on any atom is 0.224 e. The SMILES string of the molecule is CC(=O)NCCCc1nc2ccccc2n1CCC(=O)N1CCCCCC1. The zero-order chi connectivity index (χ0) is 19.1. The van der Waals surface area contributed by atoms with Crippen LogP contribution in [0.25, 0.3) is 11.0 Å². The summed E-state index contributed by atoms with van der Waals surface area (Å²) >= 11 is 0. The number of fused-ring (bicyclic) bond motifs is 1. The molecule has 6 heteroatoms. The second-order valence-corrected chi connectivity index (χ2v) is 7.30. The average Bonchev–Trinajstić information content (AvgIpc) is 2.82. The molecule has 1 aromatic carbocycles. The lowest BCUT2D eigenvalue weighted by molar-refractivity contribution is -0.131. The predicted octanol–water partition coefficient (Wildman–Crippen LogP) is 2.90. The maximum atomic E-state index is 12.7. The number of rotatable bonds is 7. The maximum absolute atomic E-state index is 12.7. The van der Waals surface area contributed by atoms with Gasteiger partial charge in [0.1, 0.15) is 5.82 Å². The van der Waals surface area contributed by atoms with Crippen molar-refractivity contribution >= 4 is 22.8 Å². The Labute approximate surface area is 160 Å². The quantitative estimate of drug-likeness (QED) is 0.762. The van der Waals surface area contributed by atoms with Crippen molar-refractivity contribution in [2.24, 2.45) is 0 Å². The molecule has 3 rings (SSSR count). The van der Waals surface area contributed by atoms with Crippen molar-refractivity contribution in [1.29, 1.82) is 0 Å². The average molecular weight is 370 g/mol. The van der Waals surface area contributed by atoms with Gasteiger partial charge in [0.25, 0.3) is 0 Å². The third-order valence-corrected chi connectivity index (χ3v) is 5.19. The highest BCUT2D eigenvalue weighted by atomic mass is 16.2. The lowest BCUT2D eigenvalue weighted by Crippen LogP contribution is -2.32. The first-order chi connectivity index (χ1) is 13.1. The van der Waals surface area contributed by atoms with E-state index in [1.165, 1.54) is 19.8 Å². The fourth-order valence-corrected chi connectivity index (χ4v) is 3.76. The number of imidazole rings is 1. The second kappa shape index (κ2) is 9.53. The number of nitrogens with one attached hydrogen (secondary N) is 1. The summed E-state index contributed by atoms with van der Waals surface area (Å²) in [6.45, 7) is 4.63.